The van der Waals surface area contributed by atoms with E-state index in [4.69, 9.17) is 11.6 Å². The topological polar surface area (TPSA) is 70.2 Å². The van der Waals surface area contributed by atoms with E-state index in [0.29, 0.717) is 23.6 Å². The van der Waals surface area contributed by atoms with Gasteiger partial charge in [0.25, 0.3) is 5.91 Å². The zero-order valence-corrected chi connectivity index (χ0v) is 17.6. The van der Waals surface area contributed by atoms with E-state index in [1.54, 1.807) is 24.3 Å². The van der Waals surface area contributed by atoms with Crippen LogP contribution in [0.1, 0.15) is 22.3 Å². The summed E-state index contributed by atoms with van der Waals surface area (Å²) in [5.74, 6) is -0.487. The fourth-order valence-corrected chi connectivity index (χ4v) is 3.18. The molecule has 5 nitrogen and oxygen atoms in total. The number of nitrogens with one attached hydrogen (secondary N) is 3. The molecule has 0 aliphatic carbocycles. The van der Waals surface area contributed by atoms with Crippen LogP contribution in [0.25, 0.3) is 0 Å². The molecular weight excluding hydrogens is 409 g/mol. The monoisotopic (exact) mass is 433 g/mol. The predicted molar refractivity (Wildman–Crippen MR) is 119 cm³/mol. The highest BCUT2D eigenvalue weighted by Gasteiger charge is 2.22. The summed E-state index contributed by atoms with van der Waals surface area (Å²) >= 11 is 5.89. The van der Waals surface area contributed by atoms with E-state index in [-0.39, 0.29) is 24.2 Å². The van der Waals surface area contributed by atoms with Crippen molar-refractivity contribution in [2.45, 2.75) is 18.9 Å². The van der Waals surface area contributed by atoms with E-state index in [9.17, 15) is 9.59 Å². The van der Waals surface area contributed by atoms with Crippen LogP contribution in [0.2, 0.25) is 5.02 Å². The molecular formula is C22H25Cl2N3O2. The first kappa shape index (κ1) is 22.9. The molecule has 3 rings (SSSR count). The number of rotatable bonds is 7. The van der Waals surface area contributed by atoms with E-state index in [1.165, 1.54) is 5.57 Å². The average molecular weight is 434 g/mol. The molecule has 0 radical (unpaired) electrons. The lowest BCUT2D eigenvalue weighted by Gasteiger charge is -2.20. The van der Waals surface area contributed by atoms with Crippen LogP contribution < -0.4 is 16.0 Å². The van der Waals surface area contributed by atoms with Crippen molar-refractivity contribution in [3.63, 3.8) is 0 Å². The van der Waals surface area contributed by atoms with Crippen LogP contribution in [0.5, 0.6) is 0 Å². The lowest BCUT2D eigenvalue weighted by molar-refractivity contribution is -0.122. The number of benzene rings is 2. The van der Waals surface area contributed by atoms with Gasteiger partial charge in [0.1, 0.15) is 6.04 Å². The summed E-state index contributed by atoms with van der Waals surface area (Å²) in [5, 5.41) is 9.64. The molecule has 0 aromatic heterocycles. The van der Waals surface area contributed by atoms with E-state index in [2.05, 4.69) is 22.0 Å². The van der Waals surface area contributed by atoms with Crippen molar-refractivity contribution in [3.8, 4) is 0 Å². The molecule has 1 aliphatic rings. The summed E-state index contributed by atoms with van der Waals surface area (Å²) in [5.41, 5.74) is 2.66. The van der Waals surface area contributed by atoms with Gasteiger partial charge in [-0.25, -0.2) is 0 Å². The molecule has 0 bridgehead atoms. The quantitative estimate of drug-likeness (QED) is 0.587. The first-order chi connectivity index (χ1) is 13.6. The van der Waals surface area contributed by atoms with Gasteiger partial charge in [0, 0.05) is 30.1 Å². The van der Waals surface area contributed by atoms with Crippen LogP contribution in [0.4, 0.5) is 0 Å². The SMILES string of the molecule is Cl.O=C(NC(Cc1ccccc1)C(=O)NCC1=CCNCC1)c1ccc(Cl)cc1. The van der Waals surface area contributed by atoms with Crippen LogP contribution in [-0.2, 0) is 11.2 Å². The third-order valence-corrected chi connectivity index (χ3v) is 4.91. The van der Waals surface area contributed by atoms with Crippen molar-refractivity contribution in [1.29, 1.82) is 0 Å². The number of carbonyl (C=O) groups excluding carboxylic acids is 2. The molecule has 2 aromatic rings. The van der Waals surface area contributed by atoms with Gasteiger partial charge < -0.3 is 16.0 Å². The summed E-state index contributed by atoms with van der Waals surface area (Å²) in [6.45, 7) is 2.25. The normalized spacial score (nSPS) is 14.2. The summed E-state index contributed by atoms with van der Waals surface area (Å²) in [7, 11) is 0. The van der Waals surface area contributed by atoms with Crippen molar-refractivity contribution in [2.24, 2.45) is 0 Å². The van der Waals surface area contributed by atoms with Crippen LogP contribution in [-0.4, -0.2) is 37.5 Å². The Morgan fingerprint density at radius 1 is 1.07 bits per heavy atom. The standard InChI is InChI=1S/C22H24ClN3O2.ClH/c23-19-8-6-18(7-9-19)21(27)26-20(14-16-4-2-1-3-5-16)22(28)25-15-17-10-12-24-13-11-17;/h1-10,20,24H,11-15H2,(H,25,28)(H,26,27);1H. The van der Waals surface area contributed by atoms with Crippen LogP contribution >= 0.6 is 24.0 Å². The Kier molecular flexibility index (Phi) is 9.19. The fourth-order valence-electron chi connectivity index (χ4n) is 3.06. The minimum Gasteiger partial charge on any atom is -0.351 e. The van der Waals surface area contributed by atoms with Gasteiger partial charge in [0.15, 0.2) is 0 Å². The number of amides is 2. The summed E-state index contributed by atoms with van der Waals surface area (Å²) in [4.78, 5) is 25.4. The third kappa shape index (κ3) is 7.20. The largest absolute Gasteiger partial charge is 0.351 e. The maximum Gasteiger partial charge on any atom is 0.251 e. The van der Waals surface area contributed by atoms with Crippen molar-refractivity contribution in [2.75, 3.05) is 19.6 Å². The first-order valence-electron chi connectivity index (χ1n) is 9.38. The summed E-state index contributed by atoms with van der Waals surface area (Å²) in [6, 6.07) is 15.6. The van der Waals surface area contributed by atoms with Gasteiger partial charge in [-0.2, -0.15) is 0 Å². The van der Waals surface area contributed by atoms with Crippen molar-refractivity contribution >= 4 is 35.8 Å². The van der Waals surface area contributed by atoms with E-state index >= 15 is 0 Å². The Morgan fingerprint density at radius 3 is 2.45 bits per heavy atom. The molecule has 1 unspecified atom stereocenters. The molecule has 1 heterocycles. The lowest BCUT2D eigenvalue weighted by Crippen LogP contribution is -2.48. The van der Waals surface area contributed by atoms with Crippen LogP contribution in [0, 0.1) is 0 Å². The van der Waals surface area contributed by atoms with Crippen molar-refractivity contribution < 1.29 is 9.59 Å². The Labute approximate surface area is 182 Å². The summed E-state index contributed by atoms with van der Waals surface area (Å²) < 4.78 is 0. The third-order valence-electron chi connectivity index (χ3n) is 4.66. The smallest absolute Gasteiger partial charge is 0.251 e. The minimum absolute atomic E-state index is 0. The zero-order chi connectivity index (χ0) is 19.8. The Hall–Kier alpha value is -2.34. The fraction of sp³-hybridized carbons (Fsp3) is 0.273. The molecule has 2 amide bonds. The molecule has 0 spiro atoms. The maximum atomic E-state index is 12.8. The molecule has 0 saturated carbocycles. The van der Waals surface area contributed by atoms with Gasteiger partial charge in [0.05, 0.1) is 0 Å². The number of hydrogen-bond donors (Lipinski definition) is 3. The maximum absolute atomic E-state index is 12.8. The molecule has 1 aliphatic heterocycles. The molecule has 1 atom stereocenters. The average Bonchev–Trinajstić information content (AvgIpc) is 2.73. The molecule has 0 fully saturated rings. The van der Waals surface area contributed by atoms with Crippen LogP contribution in [0.15, 0.2) is 66.2 Å². The summed E-state index contributed by atoms with van der Waals surface area (Å²) in [6.07, 6.45) is 3.44. The van der Waals surface area contributed by atoms with E-state index in [1.807, 2.05) is 30.3 Å². The minimum atomic E-state index is -0.659. The number of halogens is 2. The van der Waals surface area contributed by atoms with Crippen molar-refractivity contribution in [1.82, 2.24) is 16.0 Å². The van der Waals surface area contributed by atoms with E-state index < -0.39 is 6.04 Å². The molecule has 2 aromatic carbocycles. The first-order valence-corrected chi connectivity index (χ1v) is 9.76. The highest BCUT2D eigenvalue weighted by Crippen LogP contribution is 2.11. The number of carbonyl (C=O) groups is 2. The second-order valence-corrected chi connectivity index (χ2v) is 7.19. The second kappa shape index (κ2) is 11.6. The van der Waals surface area contributed by atoms with Gasteiger partial charge in [-0.15, -0.1) is 12.4 Å². The van der Waals surface area contributed by atoms with Gasteiger partial charge in [-0.05, 0) is 42.8 Å². The Bertz CT molecular complexity index is 839. The molecule has 3 N–H and O–H groups in total. The Balaban J connectivity index is 0.00000300. The predicted octanol–water partition coefficient (Wildman–Crippen LogP) is 3.14. The number of hydrogen-bond acceptors (Lipinski definition) is 3. The van der Waals surface area contributed by atoms with Gasteiger partial charge >= 0.3 is 0 Å². The lowest BCUT2D eigenvalue weighted by atomic mass is 10.0. The highest BCUT2D eigenvalue weighted by molar-refractivity contribution is 6.30. The second-order valence-electron chi connectivity index (χ2n) is 6.76. The van der Waals surface area contributed by atoms with Gasteiger partial charge in [-0.1, -0.05) is 53.6 Å². The van der Waals surface area contributed by atoms with Crippen molar-refractivity contribution in [3.05, 3.63) is 82.4 Å². The zero-order valence-electron chi connectivity index (χ0n) is 16.0. The molecule has 29 heavy (non-hydrogen) atoms. The molecule has 7 heteroatoms. The molecule has 0 saturated heterocycles. The highest BCUT2D eigenvalue weighted by atomic mass is 35.5. The van der Waals surface area contributed by atoms with Gasteiger partial charge in [0.2, 0.25) is 5.91 Å². The van der Waals surface area contributed by atoms with Crippen LogP contribution in [0.3, 0.4) is 0 Å². The Morgan fingerprint density at radius 2 is 1.79 bits per heavy atom. The molecule has 154 valence electrons. The van der Waals surface area contributed by atoms with Gasteiger partial charge in [-0.3, -0.25) is 9.59 Å². The van der Waals surface area contributed by atoms with E-state index in [0.717, 1.165) is 25.1 Å².